The van der Waals surface area contributed by atoms with E-state index >= 15 is 0 Å². The zero-order valence-corrected chi connectivity index (χ0v) is 12.0. The molecule has 1 atom stereocenters. The van der Waals surface area contributed by atoms with Crippen LogP contribution in [0.1, 0.15) is 34.1 Å². The van der Waals surface area contributed by atoms with E-state index in [1.807, 2.05) is 20.8 Å². The molecule has 0 aliphatic heterocycles. The second kappa shape index (κ2) is 8.08. The Labute approximate surface area is 109 Å². The highest BCUT2D eigenvalue weighted by molar-refractivity contribution is 5.98. The molecule has 0 spiro atoms. The first kappa shape index (κ1) is 16.9. The van der Waals surface area contributed by atoms with E-state index < -0.39 is 17.3 Å². The third-order valence-electron chi connectivity index (χ3n) is 2.47. The fourth-order valence-corrected chi connectivity index (χ4v) is 1.61. The lowest BCUT2D eigenvalue weighted by Gasteiger charge is -2.27. The number of methoxy groups -OCH3 is 1. The standard InChI is InChI=1S/C13H25NO4/c1-6-18-12(16)10(13(2,3)4)11(15)14-8-7-9-17-5/h10H,6-9H2,1-5H3,(H,14,15). The molecule has 0 saturated carbocycles. The van der Waals surface area contributed by atoms with Gasteiger partial charge in [0.25, 0.3) is 0 Å². The number of hydrogen-bond donors (Lipinski definition) is 1. The van der Waals surface area contributed by atoms with Crippen LogP contribution in [-0.4, -0.2) is 38.7 Å². The first-order valence-corrected chi connectivity index (χ1v) is 6.27. The van der Waals surface area contributed by atoms with E-state index in [2.05, 4.69) is 5.32 Å². The number of rotatable bonds is 7. The van der Waals surface area contributed by atoms with Crippen LogP contribution in [0, 0.1) is 11.3 Å². The maximum Gasteiger partial charge on any atom is 0.319 e. The normalized spacial score (nSPS) is 12.9. The zero-order chi connectivity index (χ0) is 14.2. The molecule has 0 heterocycles. The van der Waals surface area contributed by atoms with Gasteiger partial charge in [-0.1, -0.05) is 20.8 Å². The van der Waals surface area contributed by atoms with Gasteiger partial charge in [-0.2, -0.15) is 0 Å². The quantitative estimate of drug-likeness (QED) is 0.426. The second-order valence-corrected chi connectivity index (χ2v) is 5.19. The van der Waals surface area contributed by atoms with Crippen LogP contribution in [0.2, 0.25) is 0 Å². The van der Waals surface area contributed by atoms with Gasteiger partial charge in [-0.3, -0.25) is 9.59 Å². The second-order valence-electron chi connectivity index (χ2n) is 5.19. The molecule has 0 rings (SSSR count). The molecule has 18 heavy (non-hydrogen) atoms. The van der Waals surface area contributed by atoms with Crippen LogP contribution >= 0.6 is 0 Å². The number of ether oxygens (including phenoxy) is 2. The SMILES string of the molecule is CCOC(=O)C(C(=O)NCCCOC)C(C)(C)C. The van der Waals surface area contributed by atoms with E-state index in [9.17, 15) is 9.59 Å². The molecule has 0 aromatic heterocycles. The van der Waals surface area contributed by atoms with E-state index in [1.54, 1.807) is 14.0 Å². The number of amides is 1. The van der Waals surface area contributed by atoms with E-state index in [1.165, 1.54) is 0 Å². The fraction of sp³-hybridized carbons (Fsp3) is 0.846. The van der Waals surface area contributed by atoms with Crippen molar-refractivity contribution in [2.24, 2.45) is 11.3 Å². The molecule has 0 aromatic carbocycles. The Morgan fingerprint density at radius 1 is 1.28 bits per heavy atom. The van der Waals surface area contributed by atoms with Gasteiger partial charge in [0.05, 0.1) is 6.61 Å². The van der Waals surface area contributed by atoms with E-state index in [4.69, 9.17) is 9.47 Å². The Hall–Kier alpha value is -1.10. The van der Waals surface area contributed by atoms with Gasteiger partial charge in [0.1, 0.15) is 5.92 Å². The minimum absolute atomic E-state index is 0.280. The molecular formula is C13H25NO4. The minimum atomic E-state index is -0.778. The third kappa shape index (κ3) is 6.00. The Morgan fingerprint density at radius 2 is 1.89 bits per heavy atom. The van der Waals surface area contributed by atoms with Crippen LogP contribution in [-0.2, 0) is 19.1 Å². The van der Waals surface area contributed by atoms with Crippen LogP contribution in [0.4, 0.5) is 0 Å². The summed E-state index contributed by atoms with van der Waals surface area (Å²) >= 11 is 0. The monoisotopic (exact) mass is 259 g/mol. The van der Waals surface area contributed by atoms with E-state index in [0.29, 0.717) is 13.2 Å². The van der Waals surface area contributed by atoms with Crippen molar-refractivity contribution in [3.05, 3.63) is 0 Å². The summed E-state index contributed by atoms with van der Waals surface area (Å²) in [6, 6.07) is 0. The van der Waals surface area contributed by atoms with Crippen LogP contribution in [0.5, 0.6) is 0 Å². The third-order valence-corrected chi connectivity index (χ3v) is 2.47. The highest BCUT2D eigenvalue weighted by Gasteiger charge is 2.38. The highest BCUT2D eigenvalue weighted by atomic mass is 16.5. The van der Waals surface area contributed by atoms with Crippen molar-refractivity contribution < 1.29 is 19.1 Å². The lowest BCUT2D eigenvalue weighted by Crippen LogP contribution is -2.44. The van der Waals surface area contributed by atoms with E-state index in [-0.39, 0.29) is 12.5 Å². The Kier molecular flexibility index (Phi) is 7.59. The molecule has 0 fully saturated rings. The van der Waals surface area contributed by atoms with Gasteiger partial charge < -0.3 is 14.8 Å². The summed E-state index contributed by atoms with van der Waals surface area (Å²) in [4.78, 5) is 23.8. The van der Waals surface area contributed by atoms with Crippen molar-refractivity contribution in [1.29, 1.82) is 0 Å². The number of esters is 1. The smallest absolute Gasteiger partial charge is 0.319 e. The summed E-state index contributed by atoms with van der Waals surface area (Å²) in [7, 11) is 1.61. The molecule has 0 aliphatic rings. The number of carbonyl (C=O) groups excluding carboxylic acids is 2. The first-order chi connectivity index (χ1) is 8.34. The van der Waals surface area contributed by atoms with Crippen LogP contribution in [0.15, 0.2) is 0 Å². The molecule has 0 radical (unpaired) electrons. The number of nitrogens with one attached hydrogen (secondary N) is 1. The molecule has 0 saturated heterocycles. The summed E-state index contributed by atoms with van der Waals surface area (Å²) in [6.07, 6.45) is 0.724. The Morgan fingerprint density at radius 3 is 2.33 bits per heavy atom. The molecule has 5 nitrogen and oxygen atoms in total. The topological polar surface area (TPSA) is 64.6 Å². The van der Waals surface area contributed by atoms with Crippen LogP contribution in [0.25, 0.3) is 0 Å². The van der Waals surface area contributed by atoms with Crippen molar-refractivity contribution in [3.63, 3.8) is 0 Å². The fourth-order valence-electron chi connectivity index (χ4n) is 1.61. The lowest BCUT2D eigenvalue weighted by molar-refractivity contribution is -0.156. The van der Waals surface area contributed by atoms with Gasteiger partial charge >= 0.3 is 5.97 Å². The summed E-state index contributed by atoms with van der Waals surface area (Å²) in [5.41, 5.74) is -0.461. The van der Waals surface area contributed by atoms with Crippen LogP contribution in [0.3, 0.4) is 0 Å². The summed E-state index contributed by atoms with van der Waals surface area (Å²) in [6.45, 7) is 8.64. The average molecular weight is 259 g/mol. The summed E-state index contributed by atoms with van der Waals surface area (Å²) in [5.74, 6) is -1.52. The van der Waals surface area contributed by atoms with Crippen LogP contribution < -0.4 is 5.32 Å². The molecule has 0 bridgehead atoms. The molecule has 0 aromatic rings. The summed E-state index contributed by atoms with van der Waals surface area (Å²) < 4.78 is 9.85. The Bertz CT molecular complexity index is 271. The van der Waals surface area contributed by atoms with Crippen molar-refractivity contribution in [3.8, 4) is 0 Å². The lowest BCUT2D eigenvalue weighted by atomic mass is 9.80. The molecular weight excluding hydrogens is 234 g/mol. The largest absolute Gasteiger partial charge is 0.465 e. The number of carbonyl (C=O) groups is 2. The first-order valence-electron chi connectivity index (χ1n) is 6.27. The molecule has 1 unspecified atom stereocenters. The van der Waals surface area contributed by atoms with Gasteiger partial charge in [-0.15, -0.1) is 0 Å². The molecule has 5 heteroatoms. The van der Waals surface area contributed by atoms with Gasteiger partial charge in [-0.05, 0) is 18.8 Å². The molecule has 106 valence electrons. The predicted octanol–water partition coefficient (Wildman–Crippen LogP) is 1.36. The minimum Gasteiger partial charge on any atom is -0.465 e. The van der Waals surface area contributed by atoms with Gasteiger partial charge in [0.15, 0.2) is 0 Å². The van der Waals surface area contributed by atoms with Gasteiger partial charge in [0, 0.05) is 20.3 Å². The van der Waals surface area contributed by atoms with Crippen molar-refractivity contribution >= 4 is 11.9 Å². The predicted molar refractivity (Wildman–Crippen MR) is 69.1 cm³/mol. The average Bonchev–Trinajstić information content (AvgIpc) is 2.23. The van der Waals surface area contributed by atoms with E-state index in [0.717, 1.165) is 6.42 Å². The van der Waals surface area contributed by atoms with Crippen molar-refractivity contribution in [2.75, 3.05) is 26.9 Å². The molecule has 1 N–H and O–H groups in total. The number of hydrogen-bond acceptors (Lipinski definition) is 4. The van der Waals surface area contributed by atoms with Crippen molar-refractivity contribution in [2.45, 2.75) is 34.1 Å². The zero-order valence-electron chi connectivity index (χ0n) is 12.0. The molecule has 0 aliphatic carbocycles. The summed E-state index contributed by atoms with van der Waals surface area (Å²) in [5, 5.41) is 2.74. The van der Waals surface area contributed by atoms with Gasteiger partial charge in [0.2, 0.25) is 5.91 Å². The van der Waals surface area contributed by atoms with Gasteiger partial charge in [-0.25, -0.2) is 0 Å². The Balaban J connectivity index is 4.47. The molecule has 1 amide bonds. The maximum absolute atomic E-state index is 12.0. The highest BCUT2D eigenvalue weighted by Crippen LogP contribution is 2.27. The van der Waals surface area contributed by atoms with Crippen molar-refractivity contribution in [1.82, 2.24) is 5.32 Å². The maximum atomic E-state index is 12.0.